The normalized spacial score (nSPS) is 12.9. The first kappa shape index (κ1) is 31.0. The van der Waals surface area contributed by atoms with Gasteiger partial charge in [-0.15, -0.1) is 10.2 Å². The molecule has 0 saturated carbocycles. The Morgan fingerprint density at radius 2 is 1.81 bits per heavy atom. The summed E-state index contributed by atoms with van der Waals surface area (Å²) in [6, 6.07) is 11.6. The average molecular weight is 590 g/mol. The van der Waals surface area contributed by atoms with Gasteiger partial charge in [-0.2, -0.15) is 0 Å². The first-order chi connectivity index (χ1) is 20.4. The van der Waals surface area contributed by atoms with E-state index in [1.54, 1.807) is 30.5 Å². The molecule has 3 N–H and O–H groups in total. The number of benzene rings is 1. The topological polar surface area (TPSA) is 174 Å². The number of carbonyl (C=O) groups is 2. The van der Waals surface area contributed by atoms with Crippen molar-refractivity contribution in [1.29, 1.82) is 0 Å². The van der Waals surface area contributed by atoms with Gasteiger partial charge >= 0.3 is 6.09 Å². The van der Waals surface area contributed by atoms with Gasteiger partial charge in [-0.3, -0.25) is 24.5 Å². The van der Waals surface area contributed by atoms with Gasteiger partial charge in [-0.25, -0.2) is 9.78 Å². The second kappa shape index (κ2) is 13.4. The van der Waals surface area contributed by atoms with Gasteiger partial charge in [-0.05, 0) is 23.6 Å². The van der Waals surface area contributed by atoms with Crippen LogP contribution >= 0.6 is 0 Å². The van der Waals surface area contributed by atoms with Crippen molar-refractivity contribution in [2.24, 2.45) is 5.92 Å². The molecule has 4 aromatic rings. The molecular formula is C30H35N7O6. The molecule has 4 rings (SSSR count). The van der Waals surface area contributed by atoms with Crippen LogP contribution in [0.2, 0.25) is 0 Å². The number of amides is 2. The molecular weight excluding hydrogens is 554 g/mol. The largest absolute Gasteiger partial charge is 0.444 e. The highest BCUT2D eigenvalue weighted by atomic mass is 16.5. The molecule has 0 aliphatic heterocycles. The number of pyridine rings is 1. The lowest BCUT2D eigenvalue weighted by molar-refractivity contribution is -0.124. The monoisotopic (exact) mass is 589 g/mol. The predicted molar refractivity (Wildman–Crippen MR) is 157 cm³/mol. The van der Waals surface area contributed by atoms with Crippen molar-refractivity contribution in [3.05, 3.63) is 88.8 Å². The molecule has 0 aliphatic rings. The number of hydrogen-bond acceptors (Lipinski definition) is 10. The van der Waals surface area contributed by atoms with E-state index in [-0.39, 0.29) is 29.9 Å². The Kier molecular flexibility index (Phi) is 9.66. The quantitative estimate of drug-likeness (QED) is 0.248. The van der Waals surface area contributed by atoms with Crippen molar-refractivity contribution in [1.82, 2.24) is 30.0 Å². The van der Waals surface area contributed by atoms with Crippen molar-refractivity contribution >= 4 is 17.7 Å². The predicted octanol–water partition coefficient (Wildman–Crippen LogP) is 3.61. The molecule has 0 bridgehead atoms. The van der Waals surface area contributed by atoms with Gasteiger partial charge in [0.05, 0.1) is 12.2 Å². The van der Waals surface area contributed by atoms with Crippen LogP contribution in [0.4, 0.5) is 10.5 Å². The van der Waals surface area contributed by atoms with Crippen molar-refractivity contribution in [3.8, 4) is 11.4 Å². The van der Waals surface area contributed by atoms with Crippen LogP contribution in [0.25, 0.3) is 11.4 Å². The van der Waals surface area contributed by atoms with E-state index in [1.807, 2.05) is 52.8 Å². The zero-order chi connectivity index (χ0) is 31.1. The Bertz CT molecular complexity index is 1600. The molecule has 226 valence electrons. The lowest BCUT2D eigenvalue weighted by Gasteiger charge is -2.26. The standard InChI is InChI=1S/C30H35N7O6/c1-18(2)23(24(39)26-35-36-28(43-26)30(3,4)5)34-22(38)16-37-25(20-12-9-13-31-14-20)32-15-21(27(37)40)33-29(41)42-17-19-10-7-6-8-11-19/h6-15,18,23-24,39H,16-17H2,1-5H3,(H,33,41)(H,34,38)/t23-,24?/m0/s1. The molecule has 13 nitrogen and oxygen atoms in total. The van der Waals surface area contributed by atoms with Crippen LogP contribution < -0.4 is 16.2 Å². The maximum Gasteiger partial charge on any atom is 0.412 e. The molecule has 13 heteroatoms. The second-order valence-corrected chi connectivity index (χ2v) is 11.3. The van der Waals surface area contributed by atoms with E-state index in [4.69, 9.17) is 9.15 Å². The average Bonchev–Trinajstić information content (AvgIpc) is 3.49. The minimum absolute atomic E-state index is 0.000670. The molecule has 2 atom stereocenters. The Morgan fingerprint density at radius 3 is 2.44 bits per heavy atom. The Morgan fingerprint density at radius 1 is 1.07 bits per heavy atom. The molecule has 0 aliphatic carbocycles. The van der Waals surface area contributed by atoms with E-state index < -0.39 is 41.7 Å². The van der Waals surface area contributed by atoms with Gasteiger partial charge in [0.2, 0.25) is 17.7 Å². The number of ether oxygens (including phenoxy) is 1. The minimum atomic E-state index is -1.30. The molecule has 1 aromatic carbocycles. The summed E-state index contributed by atoms with van der Waals surface area (Å²) in [6.45, 7) is 8.85. The van der Waals surface area contributed by atoms with Gasteiger partial charge in [0, 0.05) is 23.4 Å². The van der Waals surface area contributed by atoms with E-state index in [9.17, 15) is 19.5 Å². The number of aliphatic hydroxyl groups is 1. The summed E-state index contributed by atoms with van der Waals surface area (Å²) in [5.74, 6) is -0.361. The summed E-state index contributed by atoms with van der Waals surface area (Å²) in [6.07, 6.45) is 2.11. The minimum Gasteiger partial charge on any atom is -0.444 e. The third-order valence-corrected chi connectivity index (χ3v) is 6.44. The smallest absolute Gasteiger partial charge is 0.412 e. The van der Waals surface area contributed by atoms with Crippen LogP contribution in [-0.2, 0) is 28.1 Å². The highest BCUT2D eigenvalue weighted by molar-refractivity contribution is 5.84. The Balaban J connectivity index is 1.56. The first-order valence-electron chi connectivity index (χ1n) is 13.7. The third kappa shape index (κ3) is 7.89. The molecule has 0 saturated heterocycles. The lowest BCUT2D eigenvalue weighted by atomic mass is 9.97. The SMILES string of the molecule is CC(C)[C@H](NC(=O)Cn1c(-c2cccnc2)ncc(NC(=O)OCc2ccccc2)c1=O)C(O)c1nnc(C(C)(C)C)o1. The van der Waals surface area contributed by atoms with E-state index >= 15 is 0 Å². The number of carbonyl (C=O) groups excluding carboxylic acids is 2. The fourth-order valence-electron chi connectivity index (χ4n) is 4.12. The maximum atomic E-state index is 13.5. The number of nitrogens with zero attached hydrogens (tertiary/aromatic N) is 5. The van der Waals surface area contributed by atoms with E-state index in [2.05, 4.69) is 30.8 Å². The van der Waals surface area contributed by atoms with E-state index in [0.29, 0.717) is 11.5 Å². The number of hydrogen-bond donors (Lipinski definition) is 3. The zero-order valence-corrected chi connectivity index (χ0v) is 24.6. The zero-order valence-electron chi connectivity index (χ0n) is 24.6. The van der Waals surface area contributed by atoms with Crippen LogP contribution in [0.5, 0.6) is 0 Å². The third-order valence-electron chi connectivity index (χ3n) is 6.44. The van der Waals surface area contributed by atoms with Gasteiger partial charge < -0.3 is 19.6 Å². The Hall–Kier alpha value is -4.91. The first-order valence-corrected chi connectivity index (χ1v) is 13.7. The van der Waals surface area contributed by atoms with Crippen molar-refractivity contribution in [2.45, 2.75) is 65.3 Å². The summed E-state index contributed by atoms with van der Waals surface area (Å²) in [5, 5.41) is 24.2. The number of aromatic nitrogens is 5. The fourth-order valence-corrected chi connectivity index (χ4v) is 4.12. The number of anilines is 1. The van der Waals surface area contributed by atoms with Crippen LogP contribution in [-0.4, -0.2) is 47.9 Å². The second-order valence-electron chi connectivity index (χ2n) is 11.3. The molecule has 1 unspecified atom stereocenters. The maximum absolute atomic E-state index is 13.5. The molecule has 3 heterocycles. The van der Waals surface area contributed by atoms with Crippen LogP contribution in [0, 0.1) is 5.92 Å². The molecule has 0 spiro atoms. The number of aliphatic hydroxyl groups excluding tert-OH is 1. The summed E-state index contributed by atoms with van der Waals surface area (Å²) >= 11 is 0. The molecule has 43 heavy (non-hydrogen) atoms. The highest BCUT2D eigenvalue weighted by Crippen LogP contribution is 2.26. The fraction of sp³-hybridized carbons (Fsp3) is 0.367. The van der Waals surface area contributed by atoms with Crippen molar-refractivity contribution < 1.29 is 23.8 Å². The number of rotatable bonds is 10. The van der Waals surface area contributed by atoms with Crippen LogP contribution in [0.15, 0.2) is 70.3 Å². The number of nitrogens with one attached hydrogen (secondary N) is 2. The Labute approximate surface area is 248 Å². The van der Waals surface area contributed by atoms with E-state index in [0.717, 1.165) is 10.1 Å². The molecule has 2 amide bonds. The van der Waals surface area contributed by atoms with Gasteiger partial charge in [-0.1, -0.05) is 65.0 Å². The summed E-state index contributed by atoms with van der Waals surface area (Å²) in [7, 11) is 0. The van der Waals surface area contributed by atoms with Crippen LogP contribution in [0.1, 0.15) is 58.1 Å². The molecule has 3 aromatic heterocycles. The summed E-state index contributed by atoms with van der Waals surface area (Å²) in [5.41, 5.74) is -0.0418. The summed E-state index contributed by atoms with van der Waals surface area (Å²) < 4.78 is 12.0. The van der Waals surface area contributed by atoms with Gasteiger partial charge in [0.25, 0.3) is 5.56 Å². The van der Waals surface area contributed by atoms with Gasteiger partial charge in [0.15, 0.2) is 6.10 Å². The highest BCUT2D eigenvalue weighted by Gasteiger charge is 2.32. The van der Waals surface area contributed by atoms with Gasteiger partial charge in [0.1, 0.15) is 24.7 Å². The molecule has 0 radical (unpaired) electrons. The van der Waals surface area contributed by atoms with Crippen LogP contribution in [0.3, 0.4) is 0 Å². The van der Waals surface area contributed by atoms with Crippen molar-refractivity contribution in [2.75, 3.05) is 5.32 Å². The summed E-state index contributed by atoms with van der Waals surface area (Å²) in [4.78, 5) is 47.8. The molecule has 0 fully saturated rings. The van der Waals surface area contributed by atoms with E-state index in [1.165, 1.54) is 12.4 Å². The van der Waals surface area contributed by atoms with Crippen molar-refractivity contribution in [3.63, 3.8) is 0 Å². The lowest BCUT2D eigenvalue weighted by Crippen LogP contribution is -2.45.